The van der Waals surface area contributed by atoms with Crippen LogP contribution in [-0.2, 0) is 9.59 Å². The van der Waals surface area contributed by atoms with Gasteiger partial charge in [0.15, 0.2) is 0 Å². The van der Waals surface area contributed by atoms with Crippen LogP contribution < -0.4 is 4.90 Å². The standard InChI is InChI=1S/C21H23N5O2/c1-16(27)26-9-6-17-4-2-3-5-18(17)19(26)14-21(28)25-12-10-24(11-13-25)20-15-22-7-8-23-20/h2-9,15,19H,10-14H2,1H3/t19-/m0/s1. The Hall–Kier alpha value is -3.22. The Kier molecular flexibility index (Phi) is 5.06. The van der Waals surface area contributed by atoms with Gasteiger partial charge in [0.25, 0.3) is 0 Å². The van der Waals surface area contributed by atoms with Crippen LogP contribution in [0.25, 0.3) is 6.08 Å². The van der Waals surface area contributed by atoms with Gasteiger partial charge in [0, 0.05) is 51.7 Å². The van der Waals surface area contributed by atoms with Crippen LogP contribution in [0.3, 0.4) is 0 Å². The fourth-order valence-electron chi connectivity index (χ4n) is 3.85. The van der Waals surface area contributed by atoms with Gasteiger partial charge in [0.05, 0.1) is 18.7 Å². The molecule has 0 aliphatic carbocycles. The van der Waals surface area contributed by atoms with Gasteiger partial charge in [-0.25, -0.2) is 4.98 Å². The minimum absolute atomic E-state index is 0.0592. The number of anilines is 1. The quantitative estimate of drug-likeness (QED) is 0.819. The summed E-state index contributed by atoms with van der Waals surface area (Å²) >= 11 is 0. The van der Waals surface area contributed by atoms with Gasteiger partial charge in [0.2, 0.25) is 11.8 Å². The number of hydrogen-bond donors (Lipinski definition) is 0. The summed E-state index contributed by atoms with van der Waals surface area (Å²) in [4.78, 5) is 39.2. The second-order valence-corrected chi connectivity index (χ2v) is 7.02. The molecule has 2 aromatic rings. The summed E-state index contributed by atoms with van der Waals surface area (Å²) in [5.74, 6) is 0.847. The molecule has 2 aliphatic heterocycles. The van der Waals surface area contributed by atoms with Crippen molar-refractivity contribution in [2.75, 3.05) is 31.1 Å². The van der Waals surface area contributed by atoms with Crippen molar-refractivity contribution in [2.24, 2.45) is 0 Å². The highest BCUT2D eigenvalue weighted by Crippen LogP contribution is 2.33. The molecule has 2 amide bonds. The average molecular weight is 377 g/mol. The summed E-state index contributed by atoms with van der Waals surface area (Å²) in [6.07, 6.45) is 9.07. The molecule has 0 spiro atoms. The molecule has 0 bridgehead atoms. The molecule has 1 aromatic heterocycles. The lowest BCUT2D eigenvalue weighted by Gasteiger charge is -2.37. The first kappa shape index (κ1) is 18.2. The number of amides is 2. The molecule has 28 heavy (non-hydrogen) atoms. The lowest BCUT2D eigenvalue weighted by Crippen LogP contribution is -2.49. The van der Waals surface area contributed by atoms with E-state index in [-0.39, 0.29) is 24.3 Å². The third-order valence-electron chi connectivity index (χ3n) is 5.34. The minimum atomic E-state index is -0.260. The smallest absolute Gasteiger partial charge is 0.225 e. The Balaban J connectivity index is 1.44. The van der Waals surface area contributed by atoms with E-state index in [1.54, 1.807) is 29.7 Å². The molecule has 1 atom stereocenters. The fraction of sp³-hybridized carbons (Fsp3) is 0.333. The van der Waals surface area contributed by atoms with Crippen molar-refractivity contribution in [1.82, 2.24) is 19.8 Å². The first-order valence-corrected chi connectivity index (χ1v) is 9.48. The van der Waals surface area contributed by atoms with Crippen LogP contribution in [0.5, 0.6) is 0 Å². The maximum absolute atomic E-state index is 13.0. The SMILES string of the molecule is CC(=O)N1C=Cc2ccccc2[C@@H]1CC(=O)N1CCN(c2cnccn2)CC1. The number of rotatable bonds is 3. The van der Waals surface area contributed by atoms with Crippen molar-refractivity contribution in [1.29, 1.82) is 0 Å². The number of carbonyl (C=O) groups excluding carboxylic acids is 2. The molecular weight excluding hydrogens is 354 g/mol. The molecule has 0 saturated carbocycles. The summed E-state index contributed by atoms with van der Waals surface area (Å²) < 4.78 is 0. The predicted molar refractivity (Wildman–Crippen MR) is 106 cm³/mol. The van der Waals surface area contributed by atoms with Gasteiger partial charge in [-0.3, -0.25) is 14.6 Å². The first-order chi connectivity index (χ1) is 13.6. The second kappa shape index (κ2) is 7.80. The Bertz CT molecular complexity index is 891. The van der Waals surface area contributed by atoms with Gasteiger partial charge >= 0.3 is 0 Å². The van der Waals surface area contributed by atoms with Crippen molar-refractivity contribution in [3.63, 3.8) is 0 Å². The van der Waals surface area contributed by atoms with Crippen LogP contribution in [0.15, 0.2) is 49.1 Å². The van der Waals surface area contributed by atoms with E-state index in [2.05, 4.69) is 14.9 Å². The molecule has 1 saturated heterocycles. The molecule has 2 aliphatic rings. The van der Waals surface area contributed by atoms with Crippen LogP contribution in [0, 0.1) is 0 Å². The van der Waals surface area contributed by atoms with Gasteiger partial charge in [-0.1, -0.05) is 24.3 Å². The number of aromatic nitrogens is 2. The average Bonchev–Trinajstić information content (AvgIpc) is 2.74. The zero-order valence-corrected chi connectivity index (χ0v) is 15.9. The molecule has 7 nitrogen and oxygen atoms in total. The maximum Gasteiger partial charge on any atom is 0.225 e. The molecule has 1 fully saturated rings. The molecule has 0 N–H and O–H groups in total. The molecule has 7 heteroatoms. The third-order valence-corrected chi connectivity index (χ3v) is 5.34. The van der Waals surface area contributed by atoms with E-state index in [0.717, 1.165) is 30.0 Å². The van der Waals surface area contributed by atoms with Gasteiger partial charge < -0.3 is 14.7 Å². The highest BCUT2D eigenvalue weighted by Gasteiger charge is 2.31. The number of carbonyl (C=O) groups is 2. The first-order valence-electron chi connectivity index (χ1n) is 9.48. The highest BCUT2D eigenvalue weighted by atomic mass is 16.2. The van der Waals surface area contributed by atoms with Crippen molar-refractivity contribution >= 4 is 23.7 Å². The zero-order valence-electron chi connectivity index (χ0n) is 15.9. The molecule has 4 rings (SSSR count). The molecule has 1 aromatic carbocycles. The largest absolute Gasteiger partial charge is 0.352 e. The Morgan fingerprint density at radius 2 is 1.89 bits per heavy atom. The zero-order chi connectivity index (χ0) is 19.5. The molecule has 3 heterocycles. The predicted octanol–water partition coefficient (Wildman–Crippen LogP) is 2.09. The molecule has 0 unspecified atom stereocenters. The second-order valence-electron chi connectivity index (χ2n) is 7.02. The molecular formula is C21H23N5O2. The number of nitrogens with zero attached hydrogens (tertiary/aromatic N) is 5. The van der Waals surface area contributed by atoms with Gasteiger partial charge in [-0.15, -0.1) is 0 Å². The maximum atomic E-state index is 13.0. The van der Waals surface area contributed by atoms with E-state index in [1.165, 1.54) is 6.92 Å². The summed E-state index contributed by atoms with van der Waals surface area (Å²) in [6.45, 7) is 4.26. The fourth-order valence-corrected chi connectivity index (χ4v) is 3.85. The molecule has 144 valence electrons. The van der Waals surface area contributed by atoms with Crippen LogP contribution >= 0.6 is 0 Å². The number of hydrogen-bond acceptors (Lipinski definition) is 5. The normalized spacial score (nSPS) is 18.8. The topological polar surface area (TPSA) is 69.6 Å². The monoisotopic (exact) mass is 377 g/mol. The van der Waals surface area contributed by atoms with E-state index < -0.39 is 0 Å². The van der Waals surface area contributed by atoms with Crippen LogP contribution in [-0.4, -0.2) is 57.8 Å². The lowest BCUT2D eigenvalue weighted by molar-refractivity contribution is -0.134. The Labute approximate surface area is 164 Å². The number of piperazine rings is 1. The van der Waals surface area contributed by atoms with E-state index in [4.69, 9.17) is 0 Å². The van der Waals surface area contributed by atoms with Gasteiger partial charge in [-0.05, 0) is 17.2 Å². The van der Waals surface area contributed by atoms with E-state index in [1.807, 2.05) is 35.2 Å². The van der Waals surface area contributed by atoms with Crippen LogP contribution in [0.4, 0.5) is 5.82 Å². The van der Waals surface area contributed by atoms with Crippen LogP contribution in [0.2, 0.25) is 0 Å². The summed E-state index contributed by atoms with van der Waals surface area (Å²) in [7, 11) is 0. The minimum Gasteiger partial charge on any atom is -0.352 e. The van der Waals surface area contributed by atoms with E-state index in [0.29, 0.717) is 13.1 Å². The third kappa shape index (κ3) is 3.60. The van der Waals surface area contributed by atoms with Crippen molar-refractivity contribution < 1.29 is 9.59 Å². The number of benzene rings is 1. The molecule has 0 radical (unpaired) electrons. The van der Waals surface area contributed by atoms with Crippen molar-refractivity contribution in [3.05, 3.63) is 60.2 Å². The Morgan fingerprint density at radius 3 is 2.61 bits per heavy atom. The Morgan fingerprint density at radius 1 is 1.11 bits per heavy atom. The van der Waals surface area contributed by atoms with Crippen molar-refractivity contribution in [2.45, 2.75) is 19.4 Å². The summed E-state index contributed by atoms with van der Waals surface area (Å²) in [5.41, 5.74) is 2.08. The lowest BCUT2D eigenvalue weighted by atomic mass is 9.93. The van der Waals surface area contributed by atoms with Gasteiger partial charge in [-0.2, -0.15) is 0 Å². The summed E-state index contributed by atoms with van der Waals surface area (Å²) in [5, 5.41) is 0. The van der Waals surface area contributed by atoms with E-state index >= 15 is 0 Å². The van der Waals surface area contributed by atoms with Crippen molar-refractivity contribution in [3.8, 4) is 0 Å². The van der Waals surface area contributed by atoms with E-state index in [9.17, 15) is 9.59 Å². The van der Waals surface area contributed by atoms with Crippen LogP contribution in [0.1, 0.15) is 30.5 Å². The van der Waals surface area contributed by atoms with Gasteiger partial charge in [0.1, 0.15) is 5.82 Å². The highest BCUT2D eigenvalue weighted by molar-refractivity contribution is 5.82. The number of fused-ring (bicyclic) bond motifs is 1. The summed E-state index contributed by atoms with van der Waals surface area (Å²) in [6, 6.07) is 7.67.